The molecule has 0 saturated carbocycles. The lowest BCUT2D eigenvalue weighted by molar-refractivity contribution is -0.835. The summed E-state index contributed by atoms with van der Waals surface area (Å²) in [6, 6.07) is 1.44. The van der Waals surface area contributed by atoms with E-state index in [0.717, 1.165) is 26.2 Å². The van der Waals surface area contributed by atoms with Crippen molar-refractivity contribution in [3.63, 3.8) is 0 Å². The first kappa shape index (κ1) is 14.6. The summed E-state index contributed by atoms with van der Waals surface area (Å²) in [5, 5.41) is 0. The maximum atomic E-state index is 10.7. The van der Waals surface area contributed by atoms with Crippen LogP contribution in [-0.2, 0) is 10.4 Å². The maximum Gasteiger partial charge on any atom is 0.474 e. The van der Waals surface area contributed by atoms with Gasteiger partial charge in [0.05, 0.1) is 6.07 Å². The molecule has 112 valence electrons. The third kappa shape index (κ3) is 3.37. The number of nitrogens with two attached hydrogens (primary N) is 2. The van der Waals surface area contributed by atoms with Crippen molar-refractivity contribution < 1.29 is 22.0 Å². The molecule has 0 aromatic carbocycles. The van der Waals surface area contributed by atoms with Crippen LogP contribution in [0.3, 0.4) is 0 Å². The summed E-state index contributed by atoms with van der Waals surface area (Å²) in [5.41, 5.74) is 11.3. The second-order valence-corrected chi connectivity index (χ2v) is 5.49. The molecule has 1 saturated heterocycles. The fourth-order valence-electron chi connectivity index (χ4n) is 1.89. The average molecular weight is 305 g/mol. The molecule has 20 heavy (non-hydrogen) atoms. The number of hydrogen-bond donors (Lipinski definition) is 3. The van der Waals surface area contributed by atoms with E-state index in [4.69, 9.17) is 16.0 Å². The van der Waals surface area contributed by atoms with Crippen molar-refractivity contribution in [3.8, 4) is 0 Å². The maximum absolute atomic E-state index is 10.7. The first-order valence-electron chi connectivity index (χ1n) is 5.85. The molecule has 10 nitrogen and oxygen atoms in total. The van der Waals surface area contributed by atoms with Crippen LogP contribution in [0.15, 0.2) is 6.07 Å². The van der Waals surface area contributed by atoms with Crippen molar-refractivity contribution in [3.05, 3.63) is 6.07 Å². The zero-order chi connectivity index (χ0) is 14.9. The number of aromatic nitrogens is 2. The van der Waals surface area contributed by atoms with E-state index in [-0.39, 0.29) is 11.8 Å². The highest BCUT2D eigenvalue weighted by Gasteiger charge is 2.24. The Kier molecular flexibility index (Phi) is 3.83. The molecule has 0 atom stereocenters. The summed E-state index contributed by atoms with van der Waals surface area (Å²) in [6.07, 6.45) is 0. The number of hydrogen-bond acceptors (Lipinski definition) is 8. The average Bonchev–Trinajstić information content (AvgIpc) is 2.33. The quantitative estimate of drug-likeness (QED) is 0.409. The van der Waals surface area contributed by atoms with Crippen molar-refractivity contribution in [2.75, 3.05) is 49.6 Å². The van der Waals surface area contributed by atoms with E-state index in [1.165, 1.54) is 6.07 Å². The minimum Gasteiger partial charge on any atom is -0.344 e. The van der Waals surface area contributed by atoms with E-state index < -0.39 is 10.4 Å². The van der Waals surface area contributed by atoms with Gasteiger partial charge in [-0.1, -0.05) is 4.98 Å². The highest BCUT2D eigenvalue weighted by atomic mass is 32.3. The highest BCUT2D eigenvalue weighted by molar-refractivity contribution is 7.80. The van der Waals surface area contributed by atoms with Crippen LogP contribution in [0, 0.1) is 0 Å². The van der Waals surface area contributed by atoms with Gasteiger partial charge in [0.2, 0.25) is 5.82 Å². The lowest BCUT2D eigenvalue weighted by Crippen LogP contribution is -2.51. The molecule has 1 aliphatic rings. The third-order valence-corrected chi connectivity index (χ3v) is 3.28. The first-order valence-corrected chi connectivity index (χ1v) is 7.22. The van der Waals surface area contributed by atoms with Gasteiger partial charge in [0.15, 0.2) is 5.82 Å². The topological polar surface area (TPSA) is 139 Å². The Morgan fingerprint density at radius 2 is 1.95 bits per heavy atom. The van der Waals surface area contributed by atoms with E-state index >= 15 is 0 Å². The second-order valence-electron chi connectivity index (χ2n) is 4.48. The van der Waals surface area contributed by atoms with Gasteiger partial charge in [0.1, 0.15) is 0 Å². The Balaban J connectivity index is 2.26. The summed E-state index contributed by atoms with van der Waals surface area (Å²) in [6.45, 7) is 3.26. The number of anilines is 3. The molecule has 1 aromatic heterocycles. The van der Waals surface area contributed by atoms with Gasteiger partial charge in [-0.15, -0.1) is 0 Å². The van der Waals surface area contributed by atoms with Crippen molar-refractivity contribution in [1.29, 1.82) is 0 Å². The minimum absolute atomic E-state index is 0.0796. The predicted molar refractivity (Wildman–Crippen MR) is 71.1 cm³/mol. The van der Waals surface area contributed by atoms with Crippen molar-refractivity contribution in [2.24, 2.45) is 0 Å². The number of nitrogen functional groups attached to an aromatic ring is 2. The Hall–Kier alpha value is -1.85. The Morgan fingerprint density at radius 1 is 1.35 bits per heavy atom. The van der Waals surface area contributed by atoms with Crippen LogP contribution in [-0.4, -0.2) is 56.1 Å². The standard InChI is InChI=1S/C9H16N6O4S/c1-13-2-4-14(5-3-13)8-6-7(10)15(9(11)12-8)19-20(16,17)18/h6H,2-5H2,1H3,(H4,10,11,12,16,17,18)/p+1. The molecule has 0 bridgehead atoms. The molecular formula is C9H17N6O4S+. The van der Waals surface area contributed by atoms with Crippen LogP contribution in [0.1, 0.15) is 0 Å². The lowest BCUT2D eigenvalue weighted by atomic mass is 10.3. The molecule has 1 fully saturated rings. The van der Waals surface area contributed by atoms with Gasteiger partial charge in [-0.2, -0.15) is 8.42 Å². The molecule has 0 aliphatic carbocycles. The smallest absolute Gasteiger partial charge is 0.344 e. The zero-order valence-corrected chi connectivity index (χ0v) is 11.7. The van der Waals surface area contributed by atoms with E-state index in [1.807, 2.05) is 11.9 Å². The molecule has 0 radical (unpaired) electrons. The van der Waals surface area contributed by atoms with Crippen LogP contribution >= 0.6 is 0 Å². The normalized spacial score (nSPS) is 17.2. The summed E-state index contributed by atoms with van der Waals surface area (Å²) >= 11 is 0. The fraction of sp³-hybridized carbons (Fsp3) is 0.556. The van der Waals surface area contributed by atoms with Gasteiger partial charge in [0, 0.05) is 26.2 Å². The SMILES string of the molecule is CN1CCN(c2cc(N)[n+](OS(=O)(=O)O)c(N)n2)CC1. The van der Waals surface area contributed by atoms with Crippen LogP contribution in [0.4, 0.5) is 17.6 Å². The Labute approximate surface area is 116 Å². The third-order valence-electron chi connectivity index (χ3n) is 2.94. The summed E-state index contributed by atoms with van der Waals surface area (Å²) in [7, 11) is -2.70. The summed E-state index contributed by atoms with van der Waals surface area (Å²) < 4.78 is 34.8. The van der Waals surface area contributed by atoms with Crippen molar-refractivity contribution in [2.45, 2.75) is 0 Å². The van der Waals surface area contributed by atoms with Gasteiger partial charge >= 0.3 is 16.3 Å². The van der Waals surface area contributed by atoms with Gasteiger partial charge in [0.25, 0.3) is 0 Å². The van der Waals surface area contributed by atoms with Crippen LogP contribution in [0.5, 0.6) is 0 Å². The van der Waals surface area contributed by atoms with Crippen molar-refractivity contribution in [1.82, 2.24) is 9.88 Å². The van der Waals surface area contributed by atoms with E-state index in [0.29, 0.717) is 10.5 Å². The second kappa shape index (κ2) is 5.26. The van der Waals surface area contributed by atoms with Gasteiger partial charge in [-0.05, 0) is 11.8 Å². The number of piperazine rings is 1. The first-order chi connectivity index (χ1) is 9.26. The number of likely N-dealkylation sites (N-methyl/N-ethyl adjacent to an activating group) is 1. The van der Waals surface area contributed by atoms with Gasteiger partial charge < -0.3 is 21.3 Å². The summed E-state index contributed by atoms with van der Waals surface area (Å²) in [5.74, 6) is 0.184. The molecule has 0 amide bonds. The molecule has 0 unspecified atom stereocenters. The van der Waals surface area contributed by atoms with Gasteiger partial charge in [-0.3, -0.25) is 4.55 Å². The molecule has 5 N–H and O–H groups in total. The van der Waals surface area contributed by atoms with Gasteiger partial charge in [-0.25, -0.2) is 4.28 Å². The monoisotopic (exact) mass is 305 g/mol. The van der Waals surface area contributed by atoms with Crippen LogP contribution in [0.2, 0.25) is 0 Å². The van der Waals surface area contributed by atoms with E-state index in [2.05, 4.69) is 14.2 Å². The Morgan fingerprint density at radius 3 is 2.45 bits per heavy atom. The zero-order valence-electron chi connectivity index (χ0n) is 10.9. The summed E-state index contributed by atoms with van der Waals surface area (Å²) in [4.78, 5) is 8.19. The predicted octanol–water partition coefficient (Wildman–Crippen LogP) is -2.48. The number of rotatable bonds is 3. The molecule has 1 aliphatic heterocycles. The van der Waals surface area contributed by atoms with Crippen LogP contribution < -0.4 is 25.4 Å². The van der Waals surface area contributed by atoms with Crippen LogP contribution in [0.25, 0.3) is 0 Å². The highest BCUT2D eigenvalue weighted by Crippen LogP contribution is 2.15. The molecule has 2 heterocycles. The minimum atomic E-state index is -4.72. The Bertz CT molecular complexity index is 575. The molecule has 2 rings (SSSR count). The van der Waals surface area contributed by atoms with E-state index in [1.54, 1.807) is 0 Å². The van der Waals surface area contributed by atoms with E-state index in [9.17, 15) is 8.42 Å². The lowest BCUT2D eigenvalue weighted by Gasteiger charge is -2.32. The molecular weight excluding hydrogens is 288 g/mol. The van der Waals surface area contributed by atoms with Crippen molar-refractivity contribution >= 4 is 28.0 Å². The molecule has 0 spiro atoms. The molecule has 1 aromatic rings. The fourth-order valence-corrected chi connectivity index (χ4v) is 2.24. The molecule has 11 heteroatoms. The largest absolute Gasteiger partial charge is 0.474 e. The number of nitrogens with zero attached hydrogens (tertiary/aromatic N) is 4.